The van der Waals surface area contributed by atoms with Gasteiger partial charge < -0.3 is 19.3 Å². The molecule has 1 N–H and O–H groups in total. The lowest BCUT2D eigenvalue weighted by atomic mass is 10.1. The second kappa shape index (κ2) is 6.70. The number of hydrogen-bond acceptors (Lipinski definition) is 5. The summed E-state index contributed by atoms with van der Waals surface area (Å²) in [7, 11) is 0. The van der Waals surface area contributed by atoms with Gasteiger partial charge in [0.1, 0.15) is 11.1 Å². The molecule has 0 atom stereocenters. The Morgan fingerprint density at radius 1 is 0.931 bits per heavy atom. The minimum atomic E-state index is -1.15. The summed E-state index contributed by atoms with van der Waals surface area (Å²) < 4.78 is 5.77. The third kappa shape index (κ3) is 3.27. The third-order valence-electron chi connectivity index (χ3n) is 5.65. The number of hydrogen-bond donors (Lipinski definition) is 1. The third-order valence-corrected chi connectivity index (χ3v) is 5.65. The molecule has 7 heteroatoms. The van der Waals surface area contributed by atoms with Crippen molar-refractivity contribution in [3.63, 3.8) is 0 Å². The maximum Gasteiger partial charge on any atom is 0.254 e. The van der Waals surface area contributed by atoms with Crippen molar-refractivity contribution in [2.24, 2.45) is 0 Å². The van der Waals surface area contributed by atoms with Gasteiger partial charge in [0.05, 0.1) is 0 Å². The molecule has 29 heavy (non-hydrogen) atoms. The van der Waals surface area contributed by atoms with E-state index in [0.717, 1.165) is 16.7 Å². The maximum atomic E-state index is 12.8. The Balaban J connectivity index is 1.25. The van der Waals surface area contributed by atoms with Gasteiger partial charge in [-0.15, -0.1) is 0 Å². The van der Waals surface area contributed by atoms with E-state index in [4.69, 9.17) is 4.42 Å². The highest BCUT2D eigenvalue weighted by atomic mass is 16.3. The smallest absolute Gasteiger partial charge is 0.254 e. The fraction of sp³-hybridized carbons (Fsp3) is 0.318. The van der Waals surface area contributed by atoms with Crippen LogP contribution in [0.3, 0.4) is 0 Å². The highest BCUT2D eigenvalue weighted by Gasteiger charge is 2.50. The van der Waals surface area contributed by atoms with Gasteiger partial charge >= 0.3 is 0 Å². The van der Waals surface area contributed by atoms with E-state index >= 15 is 0 Å². The zero-order valence-corrected chi connectivity index (χ0v) is 15.9. The summed E-state index contributed by atoms with van der Waals surface area (Å²) in [6, 6.07) is 14.8. The zero-order valence-electron chi connectivity index (χ0n) is 15.9. The van der Waals surface area contributed by atoms with Crippen LogP contribution >= 0.6 is 0 Å². The van der Waals surface area contributed by atoms with E-state index in [1.54, 1.807) is 21.9 Å². The number of fused-ring (bicyclic) bond motifs is 1. The predicted molar refractivity (Wildman–Crippen MR) is 106 cm³/mol. The number of para-hydroxylation sites is 2. The number of oxazole rings is 1. The van der Waals surface area contributed by atoms with E-state index in [2.05, 4.69) is 4.98 Å². The largest absolute Gasteiger partial charge is 0.436 e. The molecule has 1 saturated carbocycles. The molecule has 0 spiro atoms. The van der Waals surface area contributed by atoms with E-state index in [0.29, 0.717) is 50.5 Å². The van der Waals surface area contributed by atoms with Gasteiger partial charge in [0.15, 0.2) is 5.58 Å². The number of aromatic nitrogens is 1. The lowest BCUT2D eigenvalue weighted by Gasteiger charge is -2.35. The van der Waals surface area contributed by atoms with Crippen LogP contribution in [0.4, 0.5) is 0 Å². The van der Waals surface area contributed by atoms with E-state index in [1.165, 1.54) is 0 Å². The van der Waals surface area contributed by atoms with E-state index < -0.39 is 5.60 Å². The molecule has 0 radical (unpaired) electrons. The molecule has 2 fully saturated rings. The Hall–Kier alpha value is -3.19. The van der Waals surface area contributed by atoms with Crippen LogP contribution in [0.5, 0.6) is 0 Å². The molecule has 1 aromatic heterocycles. The average molecular weight is 391 g/mol. The Morgan fingerprint density at radius 2 is 1.59 bits per heavy atom. The fourth-order valence-electron chi connectivity index (χ4n) is 3.67. The van der Waals surface area contributed by atoms with Crippen LogP contribution in [0.15, 0.2) is 52.9 Å². The normalized spacial score (nSPS) is 18.1. The van der Waals surface area contributed by atoms with Crippen LogP contribution in [-0.2, 0) is 4.79 Å². The van der Waals surface area contributed by atoms with Crippen LogP contribution in [0.25, 0.3) is 22.6 Å². The van der Waals surface area contributed by atoms with Crippen LogP contribution < -0.4 is 0 Å². The molecule has 0 bridgehead atoms. The lowest BCUT2D eigenvalue weighted by Crippen LogP contribution is -2.53. The van der Waals surface area contributed by atoms with Gasteiger partial charge in [-0.2, -0.15) is 0 Å². The summed E-state index contributed by atoms with van der Waals surface area (Å²) >= 11 is 0. The number of nitrogens with zero attached hydrogens (tertiary/aromatic N) is 3. The standard InChI is InChI=1S/C22H21N3O4/c26-20(24-11-13-25(14-12-24)21(27)22(28)9-10-22)16-7-5-15(6-8-16)19-23-17-3-1-2-4-18(17)29-19/h1-8,28H,9-14H2. The second-order valence-electron chi connectivity index (χ2n) is 7.68. The summed E-state index contributed by atoms with van der Waals surface area (Å²) in [4.78, 5) is 32.9. The molecule has 2 aliphatic rings. The van der Waals surface area contributed by atoms with Crippen molar-refractivity contribution in [3.8, 4) is 11.5 Å². The number of benzene rings is 2. The van der Waals surface area contributed by atoms with Crippen molar-refractivity contribution in [2.45, 2.75) is 18.4 Å². The van der Waals surface area contributed by atoms with Gasteiger partial charge in [0.2, 0.25) is 5.89 Å². The molecule has 1 saturated heterocycles. The maximum absolute atomic E-state index is 12.8. The molecular weight excluding hydrogens is 370 g/mol. The van der Waals surface area contributed by atoms with E-state index in [1.807, 2.05) is 36.4 Å². The van der Waals surface area contributed by atoms with Crippen LogP contribution in [0.2, 0.25) is 0 Å². The van der Waals surface area contributed by atoms with Gasteiger partial charge in [0, 0.05) is 37.3 Å². The zero-order chi connectivity index (χ0) is 20.0. The minimum Gasteiger partial charge on any atom is -0.436 e. The number of rotatable bonds is 3. The Kier molecular flexibility index (Phi) is 4.13. The molecule has 2 heterocycles. The van der Waals surface area contributed by atoms with Gasteiger partial charge in [-0.1, -0.05) is 12.1 Å². The number of amides is 2. The molecule has 3 aromatic rings. The number of piperazine rings is 1. The summed E-state index contributed by atoms with van der Waals surface area (Å²) in [6.07, 6.45) is 1.08. The summed E-state index contributed by atoms with van der Waals surface area (Å²) in [5.41, 5.74) is 1.78. The number of aliphatic hydroxyl groups is 1. The van der Waals surface area contributed by atoms with E-state index in [9.17, 15) is 14.7 Å². The SMILES string of the molecule is O=C(c1ccc(-c2nc3ccccc3o2)cc1)N1CCN(C(=O)C2(O)CC2)CC1. The van der Waals surface area contributed by atoms with Gasteiger partial charge in [0.25, 0.3) is 11.8 Å². The van der Waals surface area contributed by atoms with Crippen molar-refractivity contribution in [1.82, 2.24) is 14.8 Å². The summed E-state index contributed by atoms with van der Waals surface area (Å²) in [6.45, 7) is 1.84. The average Bonchev–Trinajstić information content (AvgIpc) is 3.37. The Bertz CT molecular complexity index is 1040. The highest BCUT2D eigenvalue weighted by Crippen LogP contribution is 2.37. The summed E-state index contributed by atoms with van der Waals surface area (Å²) in [5.74, 6) is 0.258. The fourth-order valence-corrected chi connectivity index (χ4v) is 3.67. The predicted octanol–water partition coefficient (Wildman–Crippen LogP) is 2.30. The molecule has 2 amide bonds. The van der Waals surface area contributed by atoms with E-state index in [-0.39, 0.29) is 11.8 Å². The lowest BCUT2D eigenvalue weighted by molar-refractivity contribution is -0.143. The number of carbonyl (C=O) groups excluding carboxylic acids is 2. The molecule has 5 rings (SSSR count). The first-order chi connectivity index (χ1) is 14.0. The van der Waals surface area contributed by atoms with Crippen molar-refractivity contribution in [2.75, 3.05) is 26.2 Å². The Morgan fingerprint density at radius 3 is 2.24 bits per heavy atom. The number of carbonyl (C=O) groups is 2. The van der Waals surface area contributed by atoms with Crippen LogP contribution in [-0.4, -0.2) is 63.5 Å². The highest BCUT2D eigenvalue weighted by molar-refractivity contribution is 5.95. The topological polar surface area (TPSA) is 86.9 Å². The molecule has 148 valence electrons. The summed E-state index contributed by atoms with van der Waals surface area (Å²) in [5, 5.41) is 9.98. The van der Waals surface area contributed by atoms with Crippen molar-refractivity contribution >= 4 is 22.9 Å². The minimum absolute atomic E-state index is 0.0636. The molecule has 2 aromatic carbocycles. The Labute approximate surface area is 167 Å². The quantitative estimate of drug-likeness (QED) is 0.740. The van der Waals surface area contributed by atoms with Crippen molar-refractivity contribution in [1.29, 1.82) is 0 Å². The molecule has 7 nitrogen and oxygen atoms in total. The van der Waals surface area contributed by atoms with Gasteiger partial charge in [-0.25, -0.2) is 4.98 Å². The monoisotopic (exact) mass is 391 g/mol. The van der Waals surface area contributed by atoms with Crippen LogP contribution in [0, 0.1) is 0 Å². The van der Waals surface area contributed by atoms with Crippen molar-refractivity contribution in [3.05, 3.63) is 54.1 Å². The van der Waals surface area contributed by atoms with Gasteiger partial charge in [-0.3, -0.25) is 9.59 Å². The molecular formula is C22H21N3O4. The second-order valence-corrected chi connectivity index (χ2v) is 7.68. The molecule has 1 aliphatic heterocycles. The first kappa shape index (κ1) is 17.9. The first-order valence-electron chi connectivity index (χ1n) is 9.81. The first-order valence-corrected chi connectivity index (χ1v) is 9.81. The van der Waals surface area contributed by atoms with Gasteiger partial charge in [-0.05, 0) is 49.2 Å². The van der Waals surface area contributed by atoms with Crippen LogP contribution in [0.1, 0.15) is 23.2 Å². The molecule has 0 unspecified atom stereocenters. The van der Waals surface area contributed by atoms with Crippen molar-refractivity contribution < 1.29 is 19.1 Å². The molecule has 1 aliphatic carbocycles.